The lowest BCUT2D eigenvalue weighted by Gasteiger charge is -2.27. The molecule has 1 aliphatic heterocycles. The molecule has 4 nitrogen and oxygen atoms in total. The molecule has 0 aliphatic carbocycles. The number of amides is 1. The van der Waals surface area contributed by atoms with Crippen molar-refractivity contribution in [2.24, 2.45) is 5.16 Å². The van der Waals surface area contributed by atoms with Crippen LogP contribution in [-0.4, -0.2) is 18.9 Å². The number of anilines is 1. The van der Waals surface area contributed by atoms with E-state index in [9.17, 15) is 4.79 Å². The third kappa shape index (κ3) is 3.36. The zero-order chi connectivity index (χ0) is 15.4. The van der Waals surface area contributed by atoms with E-state index in [-0.39, 0.29) is 0 Å². The second-order valence-corrected chi connectivity index (χ2v) is 5.94. The maximum absolute atomic E-state index is 12.2. The fraction of sp³-hybridized carbons (Fsp3) is 0.176. The van der Waals surface area contributed by atoms with E-state index in [0.717, 1.165) is 28.6 Å². The number of para-hydroxylation sites is 1. The molecule has 0 saturated heterocycles. The van der Waals surface area contributed by atoms with Crippen LogP contribution in [0.5, 0.6) is 0 Å². The van der Waals surface area contributed by atoms with E-state index in [1.54, 1.807) is 4.90 Å². The summed E-state index contributed by atoms with van der Waals surface area (Å²) in [4.78, 5) is 18.8. The molecule has 1 aliphatic rings. The van der Waals surface area contributed by atoms with Gasteiger partial charge in [0.1, 0.15) is 0 Å². The van der Waals surface area contributed by atoms with E-state index in [1.165, 1.54) is 11.8 Å². The van der Waals surface area contributed by atoms with Gasteiger partial charge in [0, 0.05) is 11.0 Å². The van der Waals surface area contributed by atoms with Crippen LogP contribution in [0.2, 0.25) is 0 Å². The molecule has 0 N–H and O–H groups in total. The van der Waals surface area contributed by atoms with E-state index >= 15 is 0 Å². The van der Waals surface area contributed by atoms with Crippen molar-refractivity contribution in [1.29, 1.82) is 0 Å². The first-order valence-electron chi connectivity index (χ1n) is 7.09. The maximum Gasteiger partial charge on any atom is 0.440 e. The van der Waals surface area contributed by atoms with Crippen molar-refractivity contribution >= 4 is 33.9 Å². The van der Waals surface area contributed by atoms with E-state index in [4.69, 9.17) is 4.84 Å². The van der Waals surface area contributed by atoms with Crippen molar-refractivity contribution in [3.05, 3.63) is 64.1 Å². The number of carbonyl (C=O) groups is 1. The van der Waals surface area contributed by atoms with E-state index in [1.807, 2.05) is 48.5 Å². The highest BCUT2D eigenvalue weighted by Crippen LogP contribution is 2.27. The van der Waals surface area contributed by atoms with Crippen molar-refractivity contribution in [3.63, 3.8) is 0 Å². The summed E-state index contributed by atoms with van der Waals surface area (Å²) < 4.78 is 0.992. The van der Waals surface area contributed by atoms with Gasteiger partial charge in [0.25, 0.3) is 0 Å². The molecule has 0 fully saturated rings. The molecule has 1 heterocycles. The third-order valence-electron chi connectivity index (χ3n) is 3.53. The fourth-order valence-electron chi connectivity index (χ4n) is 2.45. The minimum atomic E-state index is -0.444. The minimum absolute atomic E-state index is 0.444. The summed E-state index contributed by atoms with van der Waals surface area (Å²) >= 11 is 3.37. The van der Waals surface area contributed by atoms with Gasteiger partial charge in [-0.2, -0.15) is 0 Å². The SMILES string of the molecule is O=C(ON=Cc1ccc(Br)cc1)N1CCCc2ccccc21. The molecule has 3 rings (SSSR count). The zero-order valence-electron chi connectivity index (χ0n) is 11.9. The Morgan fingerprint density at radius 2 is 1.95 bits per heavy atom. The first kappa shape index (κ1) is 14.8. The summed E-state index contributed by atoms with van der Waals surface area (Å²) in [7, 11) is 0. The predicted molar refractivity (Wildman–Crippen MR) is 90.3 cm³/mol. The van der Waals surface area contributed by atoms with Crippen LogP contribution in [0.4, 0.5) is 10.5 Å². The molecule has 22 heavy (non-hydrogen) atoms. The smallest absolute Gasteiger partial charge is 0.298 e. The number of nitrogens with zero attached hydrogens (tertiary/aromatic N) is 2. The Morgan fingerprint density at radius 3 is 2.77 bits per heavy atom. The Bertz CT molecular complexity index is 698. The van der Waals surface area contributed by atoms with Crippen LogP contribution in [-0.2, 0) is 11.3 Å². The summed E-state index contributed by atoms with van der Waals surface area (Å²) in [5, 5.41) is 3.79. The van der Waals surface area contributed by atoms with Gasteiger partial charge in [-0.15, -0.1) is 0 Å². The van der Waals surface area contributed by atoms with Crippen LogP contribution in [0.1, 0.15) is 17.5 Å². The molecule has 0 aromatic heterocycles. The van der Waals surface area contributed by atoms with Crippen LogP contribution in [0, 0.1) is 0 Å². The molecule has 0 spiro atoms. The summed E-state index contributed by atoms with van der Waals surface area (Å²) in [5.74, 6) is 0. The zero-order valence-corrected chi connectivity index (χ0v) is 13.5. The normalized spacial score (nSPS) is 14.0. The number of halogens is 1. The van der Waals surface area contributed by atoms with Crippen LogP contribution in [0.15, 0.2) is 58.2 Å². The summed E-state index contributed by atoms with van der Waals surface area (Å²) in [6.07, 6.45) is 3.01. The van der Waals surface area contributed by atoms with Crippen molar-refractivity contribution in [2.45, 2.75) is 12.8 Å². The molecule has 0 bridgehead atoms. The number of rotatable bonds is 2. The Kier molecular flexibility index (Phi) is 4.53. The van der Waals surface area contributed by atoms with Gasteiger partial charge in [-0.05, 0) is 42.2 Å². The number of carbonyl (C=O) groups excluding carboxylic acids is 1. The number of hydrogen-bond acceptors (Lipinski definition) is 3. The average molecular weight is 359 g/mol. The van der Waals surface area contributed by atoms with Crippen LogP contribution in [0.3, 0.4) is 0 Å². The molecule has 0 atom stereocenters. The number of hydrogen-bond donors (Lipinski definition) is 0. The molecule has 5 heteroatoms. The number of aryl methyl sites for hydroxylation is 1. The monoisotopic (exact) mass is 358 g/mol. The summed E-state index contributed by atoms with van der Waals surface area (Å²) in [6, 6.07) is 15.5. The largest absolute Gasteiger partial charge is 0.440 e. The maximum atomic E-state index is 12.2. The second-order valence-electron chi connectivity index (χ2n) is 5.03. The van der Waals surface area contributed by atoms with Gasteiger partial charge in [0.05, 0.1) is 11.9 Å². The summed E-state index contributed by atoms with van der Waals surface area (Å²) in [5.41, 5.74) is 2.95. The lowest BCUT2D eigenvalue weighted by atomic mass is 10.0. The molecular weight excluding hydrogens is 344 g/mol. The number of fused-ring (bicyclic) bond motifs is 1. The topological polar surface area (TPSA) is 41.9 Å². The molecule has 0 unspecified atom stereocenters. The Balaban J connectivity index is 1.67. The molecule has 112 valence electrons. The number of oxime groups is 1. The lowest BCUT2D eigenvalue weighted by molar-refractivity contribution is 0.158. The van der Waals surface area contributed by atoms with Gasteiger partial charge in [0.2, 0.25) is 0 Å². The van der Waals surface area contributed by atoms with Crippen molar-refractivity contribution in [1.82, 2.24) is 0 Å². The molecule has 0 saturated carbocycles. The van der Waals surface area contributed by atoms with Gasteiger partial charge in [-0.3, -0.25) is 9.74 Å². The first-order valence-corrected chi connectivity index (χ1v) is 7.89. The highest BCUT2D eigenvalue weighted by molar-refractivity contribution is 9.10. The Labute approximate surface area is 137 Å². The lowest BCUT2D eigenvalue weighted by Crippen LogP contribution is -2.35. The highest BCUT2D eigenvalue weighted by atomic mass is 79.9. The molecular formula is C17H15BrN2O2. The van der Waals surface area contributed by atoms with Gasteiger partial charge in [0.15, 0.2) is 0 Å². The van der Waals surface area contributed by atoms with E-state index < -0.39 is 6.09 Å². The van der Waals surface area contributed by atoms with Crippen LogP contribution >= 0.6 is 15.9 Å². The Morgan fingerprint density at radius 1 is 1.18 bits per heavy atom. The third-order valence-corrected chi connectivity index (χ3v) is 4.06. The highest BCUT2D eigenvalue weighted by Gasteiger charge is 2.23. The van der Waals surface area contributed by atoms with E-state index in [2.05, 4.69) is 21.1 Å². The van der Waals surface area contributed by atoms with Gasteiger partial charge >= 0.3 is 6.09 Å². The fourth-order valence-corrected chi connectivity index (χ4v) is 2.72. The summed E-state index contributed by atoms with van der Waals surface area (Å²) in [6.45, 7) is 0.656. The number of benzene rings is 2. The predicted octanol–water partition coefficient (Wildman–Crippen LogP) is 4.37. The Hall–Kier alpha value is -2.14. The van der Waals surface area contributed by atoms with Crippen molar-refractivity contribution in [2.75, 3.05) is 11.4 Å². The van der Waals surface area contributed by atoms with Crippen LogP contribution < -0.4 is 4.90 Å². The molecule has 1 amide bonds. The molecule has 0 radical (unpaired) electrons. The standard InChI is InChI=1S/C17H15BrN2O2/c18-15-9-7-13(8-10-15)12-19-22-17(21)20-11-3-5-14-4-1-2-6-16(14)20/h1-2,4,6-10,12H,3,5,11H2. The van der Waals surface area contributed by atoms with Crippen molar-refractivity contribution in [3.8, 4) is 0 Å². The van der Waals surface area contributed by atoms with Gasteiger partial charge < -0.3 is 0 Å². The average Bonchev–Trinajstić information content (AvgIpc) is 2.56. The second kappa shape index (κ2) is 6.75. The van der Waals surface area contributed by atoms with Crippen molar-refractivity contribution < 1.29 is 9.63 Å². The minimum Gasteiger partial charge on any atom is -0.298 e. The van der Waals surface area contributed by atoms with E-state index in [0.29, 0.717) is 6.54 Å². The van der Waals surface area contributed by atoms with Crippen LogP contribution in [0.25, 0.3) is 0 Å². The first-order chi connectivity index (χ1) is 10.7. The van der Waals surface area contributed by atoms with Gasteiger partial charge in [-0.1, -0.05) is 51.4 Å². The quantitative estimate of drug-likeness (QED) is 0.454. The van der Waals surface area contributed by atoms with Gasteiger partial charge in [-0.25, -0.2) is 4.79 Å². The molecule has 2 aromatic carbocycles. The molecule has 2 aromatic rings.